The number of hydrogen-bond donors (Lipinski definition) is 0. The summed E-state index contributed by atoms with van der Waals surface area (Å²) in [6, 6.07) is 0. The largest absolute Gasteiger partial charge is 0.329 e. The van der Waals surface area contributed by atoms with Crippen molar-refractivity contribution in [2.45, 2.75) is 38.8 Å². The molecule has 2 aliphatic rings. The third-order valence-electron chi connectivity index (χ3n) is 3.97. The summed E-state index contributed by atoms with van der Waals surface area (Å²) in [6.07, 6.45) is 6.50. The molecule has 0 aliphatic carbocycles. The third kappa shape index (κ3) is 2.99. The highest BCUT2D eigenvalue weighted by molar-refractivity contribution is 6.64. The van der Waals surface area contributed by atoms with Gasteiger partial charge in [-0.25, -0.2) is 4.99 Å². The predicted molar refractivity (Wildman–Crippen MR) is 81.4 cm³/mol. The molecule has 0 spiro atoms. The van der Waals surface area contributed by atoms with Gasteiger partial charge in [0.1, 0.15) is 6.17 Å². The highest BCUT2D eigenvalue weighted by Gasteiger charge is 2.39. The molecule has 0 aromatic rings. The SMILES string of the molecule is CCCCCCN1CC(=O)N(C)C2=CN=C(Cl)N(C)C21. The van der Waals surface area contributed by atoms with E-state index in [4.69, 9.17) is 11.6 Å². The van der Waals surface area contributed by atoms with Crippen molar-refractivity contribution in [3.05, 3.63) is 11.9 Å². The Balaban J connectivity index is 2.10. The van der Waals surface area contributed by atoms with Crippen LogP contribution in [0.15, 0.2) is 16.9 Å². The van der Waals surface area contributed by atoms with Gasteiger partial charge in [0.25, 0.3) is 0 Å². The van der Waals surface area contributed by atoms with E-state index >= 15 is 0 Å². The molecular formula is C14H23ClN4O. The number of aliphatic imine (C=N–C) groups is 1. The van der Waals surface area contributed by atoms with Gasteiger partial charge in [-0.2, -0.15) is 0 Å². The molecule has 1 amide bonds. The van der Waals surface area contributed by atoms with Gasteiger partial charge < -0.3 is 9.80 Å². The van der Waals surface area contributed by atoms with E-state index in [1.807, 2.05) is 11.9 Å². The second kappa shape index (κ2) is 6.59. The van der Waals surface area contributed by atoms with Crippen LogP contribution in [0.3, 0.4) is 0 Å². The first-order valence-electron chi connectivity index (χ1n) is 7.23. The molecule has 1 unspecified atom stereocenters. The first kappa shape index (κ1) is 15.3. The lowest BCUT2D eigenvalue weighted by molar-refractivity contribution is -0.135. The quantitative estimate of drug-likeness (QED) is 0.576. The second-order valence-corrected chi connectivity index (χ2v) is 5.76. The minimum Gasteiger partial charge on any atom is -0.329 e. The van der Waals surface area contributed by atoms with E-state index in [9.17, 15) is 4.79 Å². The topological polar surface area (TPSA) is 39.2 Å². The minimum atomic E-state index is 0.0179. The Morgan fingerprint density at radius 2 is 2.10 bits per heavy atom. The minimum absolute atomic E-state index is 0.0179. The van der Waals surface area contributed by atoms with E-state index in [0.29, 0.717) is 11.8 Å². The maximum absolute atomic E-state index is 12.1. The average molecular weight is 299 g/mol. The Labute approximate surface area is 125 Å². The number of piperazine rings is 1. The van der Waals surface area contributed by atoms with Crippen LogP contribution in [0.5, 0.6) is 0 Å². The van der Waals surface area contributed by atoms with Gasteiger partial charge in [-0.3, -0.25) is 9.69 Å². The molecule has 0 radical (unpaired) electrons. The molecule has 2 heterocycles. The first-order valence-corrected chi connectivity index (χ1v) is 7.60. The number of amides is 1. The van der Waals surface area contributed by atoms with Gasteiger partial charge in [-0.05, 0) is 18.0 Å². The average Bonchev–Trinajstić information content (AvgIpc) is 2.43. The van der Waals surface area contributed by atoms with Gasteiger partial charge in [-0.15, -0.1) is 0 Å². The van der Waals surface area contributed by atoms with E-state index in [1.165, 1.54) is 19.3 Å². The molecule has 2 rings (SSSR count). The van der Waals surface area contributed by atoms with Gasteiger partial charge >= 0.3 is 0 Å². The van der Waals surface area contributed by atoms with Gasteiger partial charge in [0.2, 0.25) is 5.91 Å². The zero-order valence-electron chi connectivity index (χ0n) is 12.5. The summed E-state index contributed by atoms with van der Waals surface area (Å²) in [5.74, 6) is 0.115. The predicted octanol–water partition coefficient (Wildman–Crippen LogP) is 2.05. The van der Waals surface area contributed by atoms with Crippen LogP contribution in [0.4, 0.5) is 0 Å². The van der Waals surface area contributed by atoms with Gasteiger partial charge in [0.15, 0.2) is 5.29 Å². The van der Waals surface area contributed by atoms with Crippen molar-refractivity contribution in [1.82, 2.24) is 14.7 Å². The zero-order valence-corrected chi connectivity index (χ0v) is 13.2. The summed E-state index contributed by atoms with van der Waals surface area (Å²) in [5, 5.41) is 0.472. The fourth-order valence-corrected chi connectivity index (χ4v) is 2.86. The van der Waals surface area contributed by atoms with Crippen molar-refractivity contribution < 1.29 is 4.79 Å². The molecule has 1 saturated heterocycles. The van der Waals surface area contributed by atoms with E-state index in [2.05, 4.69) is 16.8 Å². The fourth-order valence-electron chi connectivity index (χ4n) is 2.72. The molecular weight excluding hydrogens is 276 g/mol. The van der Waals surface area contributed by atoms with Crippen LogP contribution < -0.4 is 0 Å². The summed E-state index contributed by atoms with van der Waals surface area (Å²) >= 11 is 6.12. The standard InChI is InChI=1S/C14H23ClN4O/c1-4-5-6-7-8-19-10-12(20)17(2)11-9-16-14(15)18(3)13(11)19/h9,13H,4-8,10H2,1-3H3. The Morgan fingerprint density at radius 3 is 2.80 bits per heavy atom. The molecule has 5 nitrogen and oxygen atoms in total. The lowest BCUT2D eigenvalue weighted by Gasteiger charge is -2.46. The third-order valence-corrected chi connectivity index (χ3v) is 4.33. The zero-order chi connectivity index (χ0) is 14.7. The number of carbonyl (C=O) groups is 1. The molecule has 0 saturated carbocycles. The fraction of sp³-hybridized carbons (Fsp3) is 0.714. The number of fused-ring (bicyclic) bond motifs is 1. The van der Waals surface area contributed by atoms with Crippen molar-refractivity contribution in [2.75, 3.05) is 27.2 Å². The Bertz CT molecular complexity index is 435. The second-order valence-electron chi connectivity index (χ2n) is 5.42. The summed E-state index contributed by atoms with van der Waals surface area (Å²) in [4.78, 5) is 22.0. The smallest absolute Gasteiger partial charge is 0.240 e. The Hall–Kier alpha value is -1.07. The maximum Gasteiger partial charge on any atom is 0.240 e. The molecule has 2 aliphatic heterocycles. The number of unbranched alkanes of at least 4 members (excludes halogenated alkanes) is 3. The first-order chi connectivity index (χ1) is 9.56. The van der Waals surface area contributed by atoms with Crippen LogP contribution in [0.1, 0.15) is 32.6 Å². The molecule has 6 heteroatoms. The van der Waals surface area contributed by atoms with Gasteiger partial charge in [0.05, 0.1) is 18.4 Å². The normalized spacial score (nSPS) is 23.6. The Morgan fingerprint density at radius 1 is 1.35 bits per heavy atom. The van der Waals surface area contributed by atoms with Crippen molar-refractivity contribution in [1.29, 1.82) is 0 Å². The van der Waals surface area contributed by atoms with Crippen molar-refractivity contribution in [3.63, 3.8) is 0 Å². The summed E-state index contributed by atoms with van der Waals surface area (Å²) in [5.41, 5.74) is 0.906. The number of nitrogens with zero attached hydrogens (tertiary/aromatic N) is 4. The number of carbonyl (C=O) groups excluding carboxylic acids is 1. The summed E-state index contributed by atoms with van der Waals surface area (Å²) in [6.45, 7) is 3.56. The van der Waals surface area contributed by atoms with Crippen LogP contribution in [-0.4, -0.2) is 59.3 Å². The number of amidine groups is 1. The highest BCUT2D eigenvalue weighted by Crippen LogP contribution is 2.27. The molecule has 112 valence electrons. The maximum atomic E-state index is 12.1. The number of rotatable bonds is 5. The molecule has 0 aromatic carbocycles. The van der Waals surface area contributed by atoms with Crippen molar-refractivity contribution in [3.8, 4) is 0 Å². The van der Waals surface area contributed by atoms with Crippen LogP contribution in [0, 0.1) is 0 Å². The number of hydrogen-bond acceptors (Lipinski definition) is 4. The van der Waals surface area contributed by atoms with E-state index < -0.39 is 0 Å². The highest BCUT2D eigenvalue weighted by atomic mass is 35.5. The van der Waals surface area contributed by atoms with Crippen molar-refractivity contribution >= 4 is 22.8 Å². The molecule has 0 N–H and O–H groups in total. The lowest BCUT2D eigenvalue weighted by Crippen LogP contribution is -2.60. The monoisotopic (exact) mass is 298 g/mol. The van der Waals surface area contributed by atoms with E-state index in [1.54, 1.807) is 18.1 Å². The van der Waals surface area contributed by atoms with E-state index in [-0.39, 0.29) is 12.1 Å². The van der Waals surface area contributed by atoms with E-state index in [0.717, 1.165) is 18.7 Å². The Kier molecular flexibility index (Phi) is 5.05. The van der Waals surface area contributed by atoms with Gasteiger partial charge in [-0.1, -0.05) is 26.2 Å². The van der Waals surface area contributed by atoms with Crippen LogP contribution >= 0.6 is 11.6 Å². The van der Waals surface area contributed by atoms with Crippen LogP contribution in [-0.2, 0) is 4.79 Å². The number of likely N-dealkylation sites (N-methyl/N-ethyl adjacent to an activating group) is 2. The van der Waals surface area contributed by atoms with Crippen LogP contribution in [0.2, 0.25) is 0 Å². The summed E-state index contributed by atoms with van der Waals surface area (Å²) < 4.78 is 0. The molecule has 20 heavy (non-hydrogen) atoms. The summed E-state index contributed by atoms with van der Waals surface area (Å²) in [7, 11) is 3.73. The van der Waals surface area contributed by atoms with Crippen molar-refractivity contribution in [2.24, 2.45) is 4.99 Å². The van der Waals surface area contributed by atoms with Crippen LogP contribution in [0.25, 0.3) is 0 Å². The molecule has 1 atom stereocenters. The molecule has 0 aromatic heterocycles. The lowest BCUT2D eigenvalue weighted by atomic mass is 10.1. The molecule has 0 bridgehead atoms. The molecule has 1 fully saturated rings. The number of halogens is 1. The van der Waals surface area contributed by atoms with Gasteiger partial charge in [0, 0.05) is 20.6 Å².